The Bertz CT molecular complexity index is 3300. The van der Waals surface area contributed by atoms with Crippen LogP contribution in [0.2, 0.25) is 0 Å². The third-order valence-electron chi connectivity index (χ3n) is 10.5. The Kier molecular flexibility index (Phi) is 6.90. The predicted molar refractivity (Wildman–Crippen MR) is 232 cm³/mol. The van der Waals surface area contributed by atoms with Crippen molar-refractivity contribution in [2.75, 3.05) is 0 Å². The molecule has 0 aliphatic heterocycles. The molecule has 0 saturated heterocycles. The first-order valence-corrected chi connectivity index (χ1v) is 20.1. The van der Waals surface area contributed by atoms with Crippen LogP contribution < -0.4 is 0 Å². The molecule has 4 heteroatoms. The van der Waals surface area contributed by atoms with Gasteiger partial charge in [-0.3, -0.25) is 0 Å². The van der Waals surface area contributed by atoms with E-state index in [0.29, 0.717) is 5.56 Å². The van der Waals surface area contributed by atoms with Crippen LogP contribution in [-0.2, 0) is 0 Å². The van der Waals surface area contributed by atoms with Crippen LogP contribution in [-0.4, -0.2) is 0 Å². The lowest BCUT2D eigenvalue weighted by Gasteiger charge is -2.21. The maximum Gasteiger partial charge on any atom is 0.100 e. The molecular formula is C49H27NS3. The molecule has 0 radical (unpaired) electrons. The highest BCUT2D eigenvalue weighted by Crippen LogP contribution is 2.49. The summed E-state index contributed by atoms with van der Waals surface area (Å²) in [5.41, 5.74) is 9.05. The molecule has 3 heterocycles. The summed E-state index contributed by atoms with van der Waals surface area (Å²) in [7, 11) is 0. The van der Waals surface area contributed by atoms with E-state index in [0.717, 1.165) is 44.5 Å². The summed E-state index contributed by atoms with van der Waals surface area (Å²) in [6, 6.07) is 62.0. The molecule has 3 aromatic heterocycles. The molecule has 11 rings (SSSR count). The normalized spacial score (nSPS) is 11.8. The maximum atomic E-state index is 11.4. The summed E-state index contributed by atoms with van der Waals surface area (Å²) in [4.78, 5) is 0. The van der Waals surface area contributed by atoms with Crippen molar-refractivity contribution in [1.29, 1.82) is 5.26 Å². The zero-order valence-electron chi connectivity index (χ0n) is 28.3. The van der Waals surface area contributed by atoms with Gasteiger partial charge in [-0.25, -0.2) is 0 Å². The number of benzene rings is 8. The molecule has 11 aromatic rings. The average molecular weight is 726 g/mol. The van der Waals surface area contributed by atoms with Crippen LogP contribution in [0, 0.1) is 11.3 Å². The Morgan fingerprint density at radius 1 is 0.321 bits per heavy atom. The summed E-state index contributed by atoms with van der Waals surface area (Å²) in [5, 5.41) is 19.0. The minimum absolute atomic E-state index is 0.693. The molecule has 0 aliphatic rings. The summed E-state index contributed by atoms with van der Waals surface area (Å²) in [5.74, 6) is 0. The topological polar surface area (TPSA) is 23.8 Å². The van der Waals surface area contributed by atoms with Crippen molar-refractivity contribution in [3.8, 4) is 50.6 Å². The predicted octanol–water partition coefficient (Wildman–Crippen LogP) is 15.3. The molecule has 0 unspecified atom stereocenters. The zero-order valence-corrected chi connectivity index (χ0v) is 30.7. The second kappa shape index (κ2) is 12.0. The monoisotopic (exact) mass is 725 g/mol. The maximum absolute atomic E-state index is 11.4. The van der Waals surface area contributed by atoms with Crippen LogP contribution in [0.15, 0.2) is 164 Å². The van der Waals surface area contributed by atoms with Gasteiger partial charge in [0.1, 0.15) is 6.07 Å². The number of hydrogen-bond donors (Lipinski definition) is 0. The summed E-state index contributed by atoms with van der Waals surface area (Å²) in [6.45, 7) is 0. The standard InChI is InChI=1S/C49H27NS3/c50-28-41-48(31-19-22-37-34-13-5-8-16-43(34)52-46(37)25-31)39(29-10-2-1-3-11-29)27-40(30-18-21-36-33-12-4-7-15-42(33)51-45(36)24-30)49(41)32-20-23-38-35-14-6-9-17-44(35)53-47(38)26-32/h1-27H. The van der Waals surface area contributed by atoms with Gasteiger partial charge in [-0.05, 0) is 75.8 Å². The Morgan fingerprint density at radius 3 is 1.17 bits per heavy atom. The molecule has 0 bridgehead atoms. The van der Waals surface area contributed by atoms with E-state index in [1.54, 1.807) is 0 Å². The van der Waals surface area contributed by atoms with Crippen molar-refractivity contribution in [3.63, 3.8) is 0 Å². The lowest BCUT2D eigenvalue weighted by Crippen LogP contribution is -1.98. The molecule has 0 N–H and O–H groups in total. The molecular weight excluding hydrogens is 699 g/mol. The Balaban J connectivity index is 1.25. The Labute approximate surface area is 317 Å². The average Bonchev–Trinajstić information content (AvgIpc) is 3.90. The second-order valence-electron chi connectivity index (χ2n) is 13.5. The van der Waals surface area contributed by atoms with Gasteiger partial charge >= 0.3 is 0 Å². The van der Waals surface area contributed by atoms with E-state index in [4.69, 9.17) is 0 Å². The fourth-order valence-electron chi connectivity index (χ4n) is 8.12. The van der Waals surface area contributed by atoms with E-state index in [-0.39, 0.29) is 0 Å². The van der Waals surface area contributed by atoms with Gasteiger partial charge in [0.15, 0.2) is 0 Å². The van der Waals surface area contributed by atoms with Gasteiger partial charge in [0.25, 0.3) is 0 Å². The van der Waals surface area contributed by atoms with Crippen LogP contribution in [0.25, 0.3) is 105 Å². The number of rotatable bonds is 4. The first-order valence-electron chi connectivity index (χ1n) is 17.6. The summed E-state index contributed by atoms with van der Waals surface area (Å²) < 4.78 is 7.51. The van der Waals surface area contributed by atoms with E-state index in [9.17, 15) is 5.26 Å². The molecule has 0 saturated carbocycles. The van der Waals surface area contributed by atoms with E-state index in [2.05, 4.69) is 170 Å². The number of nitriles is 1. The number of nitrogens with zero attached hydrogens (tertiary/aromatic N) is 1. The molecule has 0 atom stereocenters. The lowest BCUT2D eigenvalue weighted by atomic mass is 9.81. The van der Waals surface area contributed by atoms with Crippen molar-refractivity contribution < 1.29 is 0 Å². The highest BCUT2D eigenvalue weighted by atomic mass is 32.1. The molecule has 0 aliphatic carbocycles. The fraction of sp³-hybridized carbons (Fsp3) is 0. The van der Waals surface area contributed by atoms with Gasteiger partial charge in [-0.15, -0.1) is 34.0 Å². The van der Waals surface area contributed by atoms with Crippen LogP contribution in [0.5, 0.6) is 0 Å². The van der Waals surface area contributed by atoms with Crippen molar-refractivity contribution >= 4 is 94.5 Å². The largest absolute Gasteiger partial charge is 0.192 e. The first kappa shape index (κ1) is 30.5. The zero-order chi connectivity index (χ0) is 35.0. The third-order valence-corrected chi connectivity index (χ3v) is 13.9. The summed E-state index contributed by atoms with van der Waals surface area (Å²) in [6.07, 6.45) is 0. The second-order valence-corrected chi connectivity index (χ2v) is 16.8. The highest BCUT2D eigenvalue weighted by molar-refractivity contribution is 7.26. The lowest BCUT2D eigenvalue weighted by molar-refractivity contribution is 1.47. The van der Waals surface area contributed by atoms with Gasteiger partial charge in [0.2, 0.25) is 0 Å². The number of hydrogen-bond acceptors (Lipinski definition) is 4. The van der Waals surface area contributed by atoms with Gasteiger partial charge in [-0.2, -0.15) is 5.26 Å². The van der Waals surface area contributed by atoms with E-state index >= 15 is 0 Å². The molecule has 0 spiro atoms. The number of fused-ring (bicyclic) bond motifs is 9. The van der Waals surface area contributed by atoms with Gasteiger partial charge in [0, 0.05) is 71.6 Å². The van der Waals surface area contributed by atoms with Gasteiger partial charge in [-0.1, -0.05) is 121 Å². The Morgan fingerprint density at radius 2 is 0.698 bits per heavy atom. The molecule has 0 amide bonds. The first-order chi connectivity index (χ1) is 26.2. The van der Waals surface area contributed by atoms with Crippen molar-refractivity contribution in [3.05, 3.63) is 169 Å². The highest BCUT2D eigenvalue weighted by Gasteiger charge is 2.24. The third kappa shape index (κ3) is 4.79. The van der Waals surface area contributed by atoms with Crippen molar-refractivity contribution in [1.82, 2.24) is 0 Å². The smallest absolute Gasteiger partial charge is 0.100 e. The van der Waals surface area contributed by atoms with Crippen LogP contribution in [0.3, 0.4) is 0 Å². The SMILES string of the molecule is N#Cc1c(-c2ccc3c(c2)sc2ccccc23)c(-c2ccccc2)cc(-c2ccc3c(c2)sc2ccccc23)c1-c1ccc2c(c1)sc1ccccc12. The quantitative estimate of drug-likeness (QED) is 0.177. The van der Waals surface area contributed by atoms with Crippen LogP contribution >= 0.6 is 34.0 Å². The van der Waals surface area contributed by atoms with E-state index in [1.807, 2.05) is 34.0 Å². The fourth-order valence-corrected chi connectivity index (χ4v) is 11.6. The molecule has 1 nitrogen and oxygen atoms in total. The van der Waals surface area contributed by atoms with Crippen LogP contribution in [0.4, 0.5) is 0 Å². The summed E-state index contributed by atoms with van der Waals surface area (Å²) >= 11 is 5.45. The van der Waals surface area contributed by atoms with Gasteiger partial charge in [0.05, 0.1) is 5.56 Å². The Hall–Kier alpha value is -6.09. The van der Waals surface area contributed by atoms with Crippen LogP contribution in [0.1, 0.15) is 5.56 Å². The molecule has 53 heavy (non-hydrogen) atoms. The molecule has 8 aromatic carbocycles. The van der Waals surface area contributed by atoms with Gasteiger partial charge < -0.3 is 0 Å². The van der Waals surface area contributed by atoms with E-state index in [1.165, 1.54) is 60.5 Å². The number of thiophene rings is 3. The van der Waals surface area contributed by atoms with E-state index < -0.39 is 0 Å². The van der Waals surface area contributed by atoms with Crippen molar-refractivity contribution in [2.24, 2.45) is 0 Å². The molecule has 0 fully saturated rings. The minimum Gasteiger partial charge on any atom is -0.192 e. The molecule has 246 valence electrons. The minimum atomic E-state index is 0.693. The van der Waals surface area contributed by atoms with Crippen molar-refractivity contribution in [2.45, 2.75) is 0 Å².